The summed E-state index contributed by atoms with van der Waals surface area (Å²) in [6.07, 6.45) is 1.64. The lowest BCUT2D eigenvalue weighted by atomic mass is 10.1. The topological polar surface area (TPSA) is 54.5 Å². The van der Waals surface area contributed by atoms with Crippen LogP contribution in [-0.2, 0) is 11.3 Å². The molecule has 5 heteroatoms. The normalized spacial score (nSPS) is 14.6. The van der Waals surface area contributed by atoms with Gasteiger partial charge in [0.15, 0.2) is 0 Å². The van der Waals surface area contributed by atoms with E-state index < -0.39 is 0 Å². The molecule has 0 unspecified atom stereocenters. The summed E-state index contributed by atoms with van der Waals surface area (Å²) in [4.78, 5) is 18.8. The van der Waals surface area contributed by atoms with Crippen LogP contribution in [0.15, 0.2) is 42.6 Å². The molecule has 0 saturated carbocycles. The predicted octanol–water partition coefficient (Wildman–Crippen LogP) is 2.16. The van der Waals surface area contributed by atoms with Crippen LogP contribution in [0.2, 0.25) is 0 Å². The third kappa shape index (κ3) is 3.87. The van der Waals surface area contributed by atoms with Gasteiger partial charge in [0.05, 0.1) is 18.8 Å². The second-order valence-corrected chi connectivity index (χ2v) is 5.61. The molecular formula is C18H21N3O2. The van der Waals surface area contributed by atoms with E-state index in [0.29, 0.717) is 12.1 Å². The van der Waals surface area contributed by atoms with Crippen LogP contribution in [0.25, 0.3) is 0 Å². The highest BCUT2D eigenvalue weighted by molar-refractivity contribution is 5.94. The fraction of sp³-hybridized carbons (Fsp3) is 0.333. The first-order chi connectivity index (χ1) is 11.2. The molecule has 120 valence electrons. The zero-order valence-corrected chi connectivity index (χ0v) is 13.3. The summed E-state index contributed by atoms with van der Waals surface area (Å²) in [7, 11) is 0. The van der Waals surface area contributed by atoms with Gasteiger partial charge in [-0.05, 0) is 30.2 Å². The van der Waals surface area contributed by atoms with Gasteiger partial charge in [-0.25, -0.2) is 4.98 Å². The minimum Gasteiger partial charge on any atom is -0.378 e. The van der Waals surface area contributed by atoms with Gasteiger partial charge in [-0.3, -0.25) is 4.79 Å². The zero-order valence-electron chi connectivity index (χ0n) is 13.3. The van der Waals surface area contributed by atoms with Crippen molar-refractivity contribution in [1.29, 1.82) is 0 Å². The minimum absolute atomic E-state index is 0.103. The first-order valence-corrected chi connectivity index (χ1v) is 7.85. The molecule has 1 amide bonds. The van der Waals surface area contributed by atoms with Gasteiger partial charge in [0.25, 0.3) is 5.91 Å². The standard InChI is InChI=1S/C18H21N3O2/c1-14-4-2-3-5-15(14)12-20-18(22)16-6-7-17(19-13-16)21-8-10-23-11-9-21/h2-7,13H,8-12H2,1H3,(H,20,22). The van der Waals surface area contributed by atoms with E-state index in [1.54, 1.807) is 6.20 Å². The van der Waals surface area contributed by atoms with Crippen LogP contribution in [0.4, 0.5) is 5.82 Å². The molecule has 2 aromatic rings. The molecular weight excluding hydrogens is 290 g/mol. The third-order valence-electron chi connectivity index (χ3n) is 4.05. The highest BCUT2D eigenvalue weighted by Gasteiger charge is 2.13. The molecule has 2 heterocycles. The third-order valence-corrected chi connectivity index (χ3v) is 4.05. The van der Waals surface area contributed by atoms with Crippen molar-refractivity contribution in [3.05, 3.63) is 59.3 Å². The van der Waals surface area contributed by atoms with Crippen LogP contribution in [0.3, 0.4) is 0 Å². The molecule has 0 radical (unpaired) electrons. The summed E-state index contributed by atoms with van der Waals surface area (Å²) >= 11 is 0. The minimum atomic E-state index is -0.103. The van der Waals surface area contributed by atoms with Crippen LogP contribution in [0.1, 0.15) is 21.5 Å². The lowest BCUT2D eigenvalue weighted by Crippen LogP contribution is -2.36. The summed E-state index contributed by atoms with van der Waals surface area (Å²) in [5.41, 5.74) is 2.88. The van der Waals surface area contributed by atoms with Crippen molar-refractivity contribution < 1.29 is 9.53 Å². The van der Waals surface area contributed by atoms with Gasteiger partial charge in [0.1, 0.15) is 5.82 Å². The number of nitrogens with one attached hydrogen (secondary N) is 1. The Morgan fingerprint density at radius 2 is 2.00 bits per heavy atom. The number of nitrogens with zero attached hydrogens (tertiary/aromatic N) is 2. The highest BCUT2D eigenvalue weighted by Crippen LogP contribution is 2.13. The van der Waals surface area contributed by atoms with Crippen LogP contribution in [-0.4, -0.2) is 37.2 Å². The van der Waals surface area contributed by atoms with Gasteiger partial charge in [-0.1, -0.05) is 24.3 Å². The molecule has 1 N–H and O–H groups in total. The second kappa shape index (κ2) is 7.24. The summed E-state index contributed by atoms with van der Waals surface area (Å²) in [5.74, 6) is 0.790. The smallest absolute Gasteiger partial charge is 0.253 e. The van der Waals surface area contributed by atoms with Crippen molar-refractivity contribution in [3.63, 3.8) is 0 Å². The van der Waals surface area contributed by atoms with E-state index in [9.17, 15) is 4.79 Å². The first-order valence-electron chi connectivity index (χ1n) is 7.85. The van der Waals surface area contributed by atoms with E-state index >= 15 is 0 Å². The monoisotopic (exact) mass is 311 g/mol. The molecule has 0 atom stereocenters. The maximum atomic E-state index is 12.2. The Morgan fingerprint density at radius 3 is 2.70 bits per heavy atom. The molecule has 1 aliphatic rings. The van der Waals surface area contributed by atoms with E-state index in [0.717, 1.165) is 37.7 Å². The van der Waals surface area contributed by atoms with Gasteiger partial charge in [-0.2, -0.15) is 0 Å². The number of benzene rings is 1. The van der Waals surface area contributed by atoms with Gasteiger partial charge in [0, 0.05) is 25.8 Å². The summed E-state index contributed by atoms with van der Waals surface area (Å²) in [6.45, 7) is 5.69. The van der Waals surface area contributed by atoms with Gasteiger partial charge in [-0.15, -0.1) is 0 Å². The Bertz CT molecular complexity index is 664. The molecule has 23 heavy (non-hydrogen) atoms. The van der Waals surface area contributed by atoms with Crippen LogP contribution in [0, 0.1) is 6.92 Å². The number of hydrogen-bond acceptors (Lipinski definition) is 4. The van der Waals surface area contributed by atoms with Crippen molar-refractivity contribution in [2.75, 3.05) is 31.2 Å². The number of anilines is 1. The largest absolute Gasteiger partial charge is 0.378 e. The molecule has 1 aromatic carbocycles. The van der Waals surface area contributed by atoms with Gasteiger partial charge < -0.3 is 15.0 Å². The van der Waals surface area contributed by atoms with E-state index in [-0.39, 0.29) is 5.91 Å². The quantitative estimate of drug-likeness (QED) is 0.940. The van der Waals surface area contributed by atoms with Gasteiger partial charge in [0.2, 0.25) is 0 Å². The SMILES string of the molecule is Cc1ccccc1CNC(=O)c1ccc(N2CCOCC2)nc1. The summed E-state index contributed by atoms with van der Waals surface area (Å²) in [5, 5.41) is 2.94. The van der Waals surface area contributed by atoms with E-state index in [2.05, 4.69) is 15.2 Å². The molecule has 1 aromatic heterocycles. The maximum absolute atomic E-state index is 12.2. The Hall–Kier alpha value is -2.40. The molecule has 1 saturated heterocycles. The number of amides is 1. The number of morpholine rings is 1. The van der Waals surface area contributed by atoms with E-state index in [1.807, 2.05) is 43.3 Å². The number of ether oxygens (including phenoxy) is 1. The number of rotatable bonds is 4. The van der Waals surface area contributed by atoms with Crippen molar-refractivity contribution in [2.24, 2.45) is 0 Å². The van der Waals surface area contributed by atoms with Crippen LogP contribution in [0.5, 0.6) is 0 Å². The highest BCUT2D eigenvalue weighted by atomic mass is 16.5. The summed E-state index contributed by atoms with van der Waals surface area (Å²) in [6, 6.07) is 11.8. The maximum Gasteiger partial charge on any atom is 0.253 e. The molecule has 0 aliphatic carbocycles. The van der Waals surface area contributed by atoms with E-state index in [4.69, 9.17) is 4.74 Å². The Kier molecular flexibility index (Phi) is 4.88. The van der Waals surface area contributed by atoms with E-state index in [1.165, 1.54) is 5.56 Å². The molecule has 5 nitrogen and oxygen atoms in total. The number of carbonyl (C=O) groups excluding carboxylic acids is 1. The average Bonchev–Trinajstić information content (AvgIpc) is 2.62. The fourth-order valence-electron chi connectivity index (χ4n) is 2.59. The van der Waals surface area contributed by atoms with Crippen molar-refractivity contribution in [3.8, 4) is 0 Å². The van der Waals surface area contributed by atoms with Crippen LogP contribution < -0.4 is 10.2 Å². The zero-order chi connectivity index (χ0) is 16.1. The molecule has 0 spiro atoms. The van der Waals surface area contributed by atoms with Crippen molar-refractivity contribution >= 4 is 11.7 Å². The average molecular weight is 311 g/mol. The number of hydrogen-bond donors (Lipinski definition) is 1. The fourth-order valence-corrected chi connectivity index (χ4v) is 2.59. The molecule has 0 bridgehead atoms. The lowest BCUT2D eigenvalue weighted by Gasteiger charge is -2.27. The Balaban J connectivity index is 1.60. The molecule has 3 rings (SSSR count). The summed E-state index contributed by atoms with van der Waals surface area (Å²) < 4.78 is 5.33. The second-order valence-electron chi connectivity index (χ2n) is 5.61. The number of aromatic nitrogens is 1. The van der Waals surface area contributed by atoms with Crippen molar-refractivity contribution in [2.45, 2.75) is 13.5 Å². The predicted molar refractivity (Wildman–Crippen MR) is 89.6 cm³/mol. The Labute approximate surface area is 136 Å². The van der Waals surface area contributed by atoms with Crippen molar-refractivity contribution in [1.82, 2.24) is 10.3 Å². The Morgan fingerprint density at radius 1 is 1.22 bits per heavy atom. The lowest BCUT2D eigenvalue weighted by molar-refractivity contribution is 0.0950. The molecule has 1 fully saturated rings. The number of aryl methyl sites for hydroxylation is 1. The number of pyridine rings is 1. The first kappa shape index (κ1) is 15.5. The van der Waals surface area contributed by atoms with Gasteiger partial charge >= 0.3 is 0 Å². The van der Waals surface area contributed by atoms with Crippen LogP contribution >= 0.6 is 0 Å². The number of carbonyl (C=O) groups is 1. The molecule has 1 aliphatic heterocycles.